The summed E-state index contributed by atoms with van der Waals surface area (Å²) in [5.41, 5.74) is 4.53. The third kappa shape index (κ3) is 6.76. The van der Waals surface area contributed by atoms with Crippen LogP contribution in [0.3, 0.4) is 0 Å². The number of unbranched alkanes of at least 4 members (excludes halogenated alkanes) is 4. The Balaban J connectivity index is 1.93. The molecule has 0 saturated heterocycles. The zero-order valence-corrected chi connectivity index (χ0v) is 22.1. The second-order valence-corrected chi connectivity index (χ2v) is 10.9. The van der Waals surface area contributed by atoms with Gasteiger partial charge in [0.05, 0.1) is 5.30 Å². The lowest BCUT2D eigenvalue weighted by molar-refractivity contribution is 0.396. The highest BCUT2D eigenvalue weighted by molar-refractivity contribution is 7.63. The van der Waals surface area contributed by atoms with Crippen molar-refractivity contribution in [2.75, 3.05) is 0 Å². The summed E-state index contributed by atoms with van der Waals surface area (Å²) < 4.78 is 26.9. The van der Waals surface area contributed by atoms with Crippen molar-refractivity contribution in [1.29, 1.82) is 0 Å². The maximum absolute atomic E-state index is 14.4. The Morgan fingerprint density at radius 2 is 1.09 bits per heavy atom. The van der Waals surface area contributed by atoms with Crippen LogP contribution >= 0.6 is 7.60 Å². The van der Waals surface area contributed by atoms with Gasteiger partial charge in [0.2, 0.25) is 0 Å². The van der Waals surface area contributed by atoms with Gasteiger partial charge in [0.1, 0.15) is 11.5 Å². The number of rotatable bonds is 13. The summed E-state index contributed by atoms with van der Waals surface area (Å²) in [4.78, 5) is 0. The van der Waals surface area contributed by atoms with Gasteiger partial charge in [-0.15, -0.1) is 0 Å². The highest BCUT2D eigenvalue weighted by Gasteiger charge is 2.32. The zero-order chi connectivity index (χ0) is 24.4. The van der Waals surface area contributed by atoms with Crippen LogP contribution < -0.4 is 14.4 Å². The fourth-order valence-corrected chi connectivity index (χ4v) is 5.88. The molecule has 0 aliphatic rings. The van der Waals surface area contributed by atoms with E-state index in [1.165, 1.54) is 36.8 Å². The Hall–Kier alpha value is -2.51. The van der Waals surface area contributed by atoms with E-state index in [1.807, 2.05) is 68.4 Å². The van der Waals surface area contributed by atoms with Crippen molar-refractivity contribution < 1.29 is 13.6 Å². The van der Waals surface area contributed by atoms with Crippen LogP contribution in [0.2, 0.25) is 0 Å². The SMILES string of the molecule is CCCCCc1cccc(OP(=O)(Oc2cccc(CCCCC)c2C)c2ccccc2)c1C. The van der Waals surface area contributed by atoms with Crippen molar-refractivity contribution in [2.45, 2.75) is 79.1 Å². The van der Waals surface area contributed by atoms with Crippen LogP contribution in [0, 0.1) is 13.8 Å². The van der Waals surface area contributed by atoms with Gasteiger partial charge in [-0.3, -0.25) is 0 Å². The third-order valence-electron chi connectivity index (χ3n) is 6.40. The largest absolute Gasteiger partial charge is 0.462 e. The van der Waals surface area contributed by atoms with E-state index < -0.39 is 7.60 Å². The minimum Gasteiger partial charge on any atom is -0.413 e. The molecule has 0 radical (unpaired) electrons. The quantitative estimate of drug-likeness (QED) is 0.182. The third-order valence-corrected chi connectivity index (χ3v) is 8.21. The topological polar surface area (TPSA) is 35.5 Å². The molecule has 0 amide bonds. The van der Waals surface area contributed by atoms with Crippen LogP contribution in [-0.2, 0) is 17.4 Å². The molecule has 0 aliphatic carbocycles. The van der Waals surface area contributed by atoms with Gasteiger partial charge in [-0.2, -0.15) is 0 Å². The van der Waals surface area contributed by atoms with Crippen molar-refractivity contribution in [3.63, 3.8) is 0 Å². The number of aryl methyl sites for hydroxylation is 2. The summed E-state index contributed by atoms with van der Waals surface area (Å²) >= 11 is 0. The van der Waals surface area contributed by atoms with Crippen LogP contribution in [0.5, 0.6) is 11.5 Å². The van der Waals surface area contributed by atoms with Gasteiger partial charge in [0, 0.05) is 0 Å². The number of hydrogen-bond acceptors (Lipinski definition) is 3. The fraction of sp³-hybridized carbons (Fsp3) is 0.400. The first-order chi connectivity index (χ1) is 16.5. The molecule has 0 N–H and O–H groups in total. The van der Waals surface area contributed by atoms with Gasteiger partial charge < -0.3 is 9.05 Å². The average molecular weight is 479 g/mol. The van der Waals surface area contributed by atoms with Gasteiger partial charge in [-0.05, 0) is 86.1 Å². The Bertz CT molecular complexity index is 1030. The molecule has 0 aromatic heterocycles. The number of hydrogen-bond donors (Lipinski definition) is 0. The van der Waals surface area contributed by atoms with E-state index in [4.69, 9.17) is 9.05 Å². The highest BCUT2D eigenvalue weighted by Crippen LogP contribution is 2.49. The lowest BCUT2D eigenvalue weighted by atomic mass is 10.0. The Labute approximate surface area is 206 Å². The molecule has 3 aromatic carbocycles. The Morgan fingerprint density at radius 3 is 1.53 bits per heavy atom. The van der Waals surface area contributed by atoms with Gasteiger partial charge >= 0.3 is 7.60 Å². The van der Waals surface area contributed by atoms with E-state index >= 15 is 0 Å². The summed E-state index contributed by atoms with van der Waals surface area (Å²) in [5.74, 6) is 1.25. The maximum atomic E-state index is 14.4. The van der Waals surface area contributed by atoms with E-state index in [2.05, 4.69) is 26.0 Å². The Morgan fingerprint density at radius 1 is 0.618 bits per heavy atom. The van der Waals surface area contributed by atoms with Crippen molar-refractivity contribution in [3.8, 4) is 11.5 Å². The summed E-state index contributed by atoms with van der Waals surface area (Å²) in [6.07, 6.45) is 9.02. The molecular weight excluding hydrogens is 439 g/mol. The summed E-state index contributed by atoms with van der Waals surface area (Å²) in [5, 5.41) is 0.557. The van der Waals surface area contributed by atoms with Crippen LogP contribution in [0.15, 0.2) is 66.7 Å². The second kappa shape index (κ2) is 12.8. The molecule has 3 nitrogen and oxygen atoms in total. The smallest absolute Gasteiger partial charge is 0.413 e. The summed E-state index contributed by atoms with van der Waals surface area (Å²) in [6, 6.07) is 21.3. The van der Waals surface area contributed by atoms with Gasteiger partial charge in [0.25, 0.3) is 0 Å². The Kier molecular flexibility index (Phi) is 9.84. The van der Waals surface area contributed by atoms with E-state index in [0.717, 1.165) is 36.8 Å². The second-order valence-electron chi connectivity index (χ2n) is 9.01. The van der Waals surface area contributed by atoms with Crippen molar-refractivity contribution in [2.24, 2.45) is 0 Å². The predicted molar refractivity (Wildman–Crippen MR) is 144 cm³/mol. The van der Waals surface area contributed by atoms with Crippen LogP contribution in [0.1, 0.15) is 74.6 Å². The summed E-state index contributed by atoms with van der Waals surface area (Å²) in [7, 11) is -3.67. The molecule has 34 heavy (non-hydrogen) atoms. The van der Waals surface area contributed by atoms with Gasteiger partial charge in [0.15, 0.2) is 0 Å². The molecule has 182 valence electrons. The van der Waals surface area contributed by atoms with Gasteiger partial charge in [-0.1, -0.05) is 82.0 Å². The molecule has 0 spiro atoms. The molecule has 0 unspecified atom stereocenters. The standard InChI is InChI=1S/C30H39O3P/c1-5-7-10-16-26-18-14-22-29(24(26)3)32-34(31,28-20-12-9-13-21-28)33-30-23-15-19-27(25(30)4)17-11-8-6-2/h9,12-15,18-23H,5-8,10-11,16-17H2,1-4H3. The van der Waals surface area contributed by atoms with E-state index in [9.17, 15) is 4.57 Å². The van der Waals surface area contributed by atoms with Gasteiger partial charge in [-0.25, -0.2) is 4.57 Å². The molecule has 4 heteroatoms. The first kappa shape index (κ1) is 26.1. The van der Waals surface area contributed by atoms with E-state index in [-0.39, 0.29) is 0 Å². The molecule has 0 fully saturated rings. The lowest BCUT2D eigenvalue weighted by Crippen LogP contribution is -2.15. The molecule has 0 bridgehead atoms. The first-order valence-electron chi connectivity index (χ1n) is 12.7. The zero-order valence-electron chi connectivity index (χ0n) is 21.2. The maximum Gasteiger partial charge on any atom is 0.462 e. The van der Waals surface area contributed by atoms with Crippen LogP contribution in [0.4, 0.5) is 0 Å². The van der Waals surface area contributed by atoms with E-state index in [0.29, 0.717) is 16.8 Å². The van der Waals surface area contributed by atoms with Crippen LogP contribution in [-0.4, -0.2) is 0 Å². The molecule has 0 aliphatic heterocycles. The van der Waals surface area contributed by atoms with Crippen molar-refractivity contribution in [3.05, 3.63) is 89.0 Å². The monoisotopic (exact) mass is 478 g/mol. The molecular formula is C30H39O3P. The average Bonchev–Trinajstić information content (AvgIpc) is 2.84. The van der Waals surface area contributed by atoms with Crippen LogP contribution in [0.25, 0.3) is 0 Å². The minimum absolute atomic E-state index is 0.557. The lowest BCUT2D eigenvalue weighted by Gasteiger charge is -2.23. The molecule has 0 atom stereocenters. The minimum atomic E-state index is -3.67. The fourth-order valence-electron chi connectivity index (χ4n) is 4.18. The molecule has 3 rings (SSSR count). The normalized spacial score (nSPS) is 11.4. The first-order valence-corrected chi connectivity index (χ1v) is 14.2. The van der Waals surface area contributed by atoms with Crippen molar-refractivity contribution in [1.82, 2.24) is 0 Å². The predicted octanol–water partition coefficient (Wildman–Crippen LogP) is 8.75. The van der Waals surface area contributed by atoms with E-state index in [1.54, 1.807) is 0 Å². The molecule has 0 saturated carbocycles. The van der Waals surface area contributed by atoms with Crippen molar-refractivity contribution >= 4 is 12.9 Å². The molecule has 0 heterocycles. The number of benzene rings is 3. The molecule has 3 aromatic rings. The summed E-state index contributed by atoms with van der Waals surface area (Å²) in [6.45, 7) is 8.51. The highest BCUT2D eigenvalue weighted by atomic mass is 31.2.